The van der Waals surface area contributed by atoms with Gasteiger partial charge in [-0.1, -0.05) is 35.5 Å². The van der Waals surface area contributed by atoms with E-state index < -0.39 is 0 Å². The van der Waals surface area contributed by atoms with Crippen LogP contribution < -0.4 is 5.43 Å². The Morgan fingerprint density at radius 1 is 1.11 bits per heavy atom. The molecule has 3 aromatic rings. The highest BCUT2D eigenvalue weighted by molar-refractivity contribution is 6.04. The lowest BCUT2D eigenvalue weighted by Gasteiger charge is -2.02. The summed E-state index contributed by atoms with van der Waals surface area (Å²) in [7, 11) is 0. The van der Waals surface area contributed by atoms with Gasteiger partial charge in [-0.05, 0) is 11.5 Å². The highest BCUT2D eigenvalue weighted by atomic mass is 16.4. The fourth-order valence-electron chi connectivity index (χ4n) is 2.03. The zero-order chi connectivity index (χ0) is 12.5. The van der Waals surface area contributed by atoms with Crippen LogP contribution in [0.5, 0.6) is 0 Å². The molecule has 0 unspecified atom stereocenters. The van der Waals surface area contributed by atoms with E-state index >= 15 is 0 Å². The molecule has 2 aromatic carbocycles. The van der Waals surface area contributed by atoms with Crippen LogP contribution in [0.25, 0.3) is 21.7 Å². The molecule has 0 saturated carbocycles. The maximum Gasteiger partial charge on any atom is 0.201 e. The van der Waals surface area contributed by atoms with E-state index in [1.165, 1.54) is 6.26 Å². The van der Waals surface area contributed by atoms with Crippen molar-refractivity contribution in [2.45, 2.75) is 0 Å². The molecule has 0 saturated heterocycles. The van der Waals surface area contributed by atoms with Crippen LogP contribution in [0.2, 0.25) is 0 Å². The average molecular weight is 239 g/mol. The minimum Gasteiger partial charge on any atom is -0.463 e. The zero-order valence-corrected chi connectivity index (χ0v) is 9.33. The first-order valence-corrected chi connectivity index (χ1v) is 5.42. The Balaban J connectivity index is 2.48. The highest BCUT2D eigenvalue weighted by Gasteiger charge is 2.08. The van der Waals surface area contributed by atoms with Crippen molar-refractivity contribution in [3.8, 4) is 0 Å². The number of hydrogen-bond donors (Lipinski definition) is 1. The van der Waals surface area contributed by atoms with Crippen LogP contribution in [-0.2, 0) is 0 Å². The molecule has 0 amide bonds. The molecule has 18 heavy (non-hydrogen) atoms. The van der Waals surface area contributed by atoms with Gasteiger partial charge in [-0.2, -0.15) is 0 Å². The smallest absolute Gasteiger partial charge is 0.201 e. The Morgan fingerprint density at radius 3 is 2.78 bits per heavy atom. The van der Waals surface area contributed by atoms with Crippen molar-refractivity contribution in [3.05, 3.63) is 58.4 Å². The molecule has 0 spiro atoms. The van der Waals surface area contributed by atoms with Crippen LogP contribution in [0.3, 0.4) is 0 Å². The summed E-state index contributed by atoms with van der Waals surface area (Å²) in [6, 6.07) is 11.3. The second-order valence-electron chi connectivity index (χ2n) is 3.93. The summed E-state index contributed by atoms with van der Waals surface area (Å²) in [4.78, 5) is 12.1. The molecule has 0 aliphatic rings. The Morgan fingerprint density at radius 2 is 1.94 bits per heavy atom. The number of nitrogens with zero attached hydrogens (tertiary/aromatic N) is 1. The van der Waals surface area contributed by atoms with E-state index in [2.05, 4.69) is 5.16 Å². The molecule has 1 N–H and O–H groups in total. The van der Waals surface area contributed by atoms with Gasteiger partial charge in [-0.15, -0.1) is 0 Å². The molecular weight excluding hydrogens is 230 g/mol. The van der Waals surface area contributed by atoms with Crippen molar-refractivity contribution < 1.29 is 9.62 Å². The summed E-state index contributed by atoms with van der Waals surface area (Å²) in [5, 5.41) is 13.7. The van der Waals surface area contributed by atoms with Crippen LogP contribution in [0.15, 0.2) is 57.0 Å². The molecule has 0 fully saturated rings. The van der Waals surface area contributed by atoms with Gasteiger partial charge in [0.1, 0.15) is 11.8 Å². The Bertz CT molecular complexity index is 818. The standard InChI is InChI=1S/C14H9NO3/c16-13-10(7-15-17)8-18-14-11-4-2-1-3-9(11)5-6-12(13)14/h1-8,17H/b15-7+. The highest BCUT2D eigenvalue weighted by Crippen LogP contribution is 2.23. The molecule has 1 aromatic heterocycles. The molecule has 0 bridgehead atoms. The van der Waals surface area contributed by atoms with E-state index in [0.717, 1.165) is 17.0 Å². The van der Waals surface area contributed by atoms with Crippen molar-refractivity contribution >= 4 is 28.0 Å². The topological polar surface area (TPSA) is 62.8 Å². The van der Waals surface area contributed by atoms with Crippen molar-refractivity contribution in [1.82, 2.24) is 0 Å². The van der Waals surface area contributed by atoms with Gasteiger partial charge < -0.3 is 9.62 Å². The van der Waals surface area contributed by atoms with Crippen LogP contribution >= 0.6 is 0 Å². The second kappa shape index (κ2) is 4.00. The number of hydrogen-bond acceptors (Lipinski definition) is 4. The van der Waals surface area contributed by atoms with E-state index in [1.54, 1.807) is 6.07 Å². The van der Waals surface area contributed by atoms with Gasteiger partial charge in [-0.25, -0.2) is 0 Å². The summed E-state index contributed by atoms with van der Waals surface area (Å²) >= 11 is 0. The number of oxime groups is 1. The van der Waals surface area contributed by atoms with Gasteiger partial charge in [0.15, 0.2) is 0 Å². The lowest BCUT2D eigenvalue weighted by Crippen LogP contribution is -2.07. The Hall–Kier alpha value is -2.62. The van der Waals surface area contributed by atoms with Gasteiger partial charge in [0.2, 0.25) is 5.43 Å². The molecule has 88 valence electrons. The minimum atomic E-state index is -0.209. The van der Waals surface area contributed by atoms with Crippen molar-refractivity contribution in [2.24, 2.45) is 5.16 Å². The van der Waals surface area contributed by atoms with Gasteiger partial charge in [0.25, 0.3) is 0 Å². The maximum atomic E-state index is 12.1. The lowest BCUT2D eigenvalue weighted by molar-refractivity contribution is 0.321. The van der Waals surface area contributed by atoms with E-state index in [9.17, 15) is 4.79 Å². The predicted molar refractivity (Wildman–Crippen MR) is 69.4 cm³/mol. The fraction of sp³-hybridized carbons (Fsp3) is 0. The quantitative estimate of drug-likeness (QED) is 0.307. The summed E-state index contributed by atoms with van der Waals surface area (Å²) in [6.07, 6.45) is 2.37. The van der Waals surface area contributed by atoms with Crippen molar-refractivity contribution in [3.63, 3.8) is 0 Å². The summed E-state index contributed by atoms with van der Waals surface area (Å²) in [5.74, 6) is 0. The summed E-state index contributed by atoms with van der Waals surface area (Å²) in [5.41, 5.74) is 0.563. The van der Waals surface area contributed by atoms with E-state index in [0.29, 0.717) is 11.0 Å². The fourth-order valence-corrected chi connectivity index (χ4v) is 2.03. The third kappa shape index (κ3) is 1.47. The molecule has 0 atom stereocenters. The largest absolute Gasteiger partial charge is 0.463 e. The molecule has 0 aliphatic carbocycles. The van der Waals surface area contributed by atoms with Crippen molar-refractivity contribution in [1.29, 1.82) is 0 Å². The van der Waals surface area contributed by atoms with Gasteiger partial charge in [0.05, 0.1) is 17.2 Å². The summed E-state index contributed by atoms with van der Waals surface area (Å²) < 4.78 is 5.49. The molecule has 1 heterocycles. The molecule has 3 rings (SSSR count). The molecular formula is C14H9NO3. The third-order valence-electron chi connectivity index (χ3n) is 2.89. The molecule has 0 aliphatic heterocycles. The monoisotopic (exact) mass is 239 g/mol. The number of rotatable bonds is 1. The Labute approximate surface area is 102 Å². The van der Waals surface area contributed by atoms with Gasteiger partial charge in [0, 0.05) is 5.39 Å². The van der Waals surface area contributed by atoms with Crippen molar-refractivity contribution in [2.75, 3.05) is 0 Å². The van der Waals surface area contributed by atoms with Gasteiger partial charge in [-0.3, -0.25) is 4.79 Å². The van der Waals surface area contributed by atoms with Gasteiger partial charge >= 0.3 is 0 Å². The van der Waals surface area contributed by atoms with Crippen LogP contribution in [-0.4, -0.2) is 11.4 Å². The molecule has 4 nitrogen and oxygen atoms in total. The number of benzene rings is 2. The second-order valence-corrected chi connectivity index (χ2v) is 3.93. The van der Waals surface area contributed by atoms with Crippen LogP contribution in [0.1, 0.15) is 5.56 Å². The van der Waals surface area contributed by atoms with E-state index in [1.807, 2.05) is 30.3 Å². The molecule has 4 heteroatoms. The maximum absolute atomic E-state index is 12.1. The first-order chi connectivity index (χ1) is 8.81. The Kier molecular flexibility index (Phi) is 2.34. The predicted octanol–water partition coefficient (Wildman–Crippen LogP) is 2.75. The van der Waals surface area contributed by atoms with E-state index in [-0.39, 0.29) is 11.0 Å². The normalized spacial score (nSPS) is 11.6. The lowest BCUT2D eigenvalue weighted by atomic mass is 10.1. The van der Waals surface area contributed by atoms with Crippen LogP contribution in [0.4, 0.5) is 0 Å². The van der Waals surface area contributed by atoms with E-state index in [4.69, 9.17) is 9.62 Å². The third-order valence-corrected chi connectivity index (χ3v) is 2.89. The summed E-state index contributed by atoms with van der Waals surface area (Å²) in [6.45, 7) is 0. The first kappa shape index (κ1) is 10.5. The first-order valence-electron chi connectivity index (χ1n) is 5.42. The minimum absolute atomic E-state index is 0.209. The van der Waals surface area contributed by atoms with Crippen LogP contribution in [0, 0.1) is 0 Å². The average Bonchev–Trinajstić information content (AvgIpc) is 2.42. The molecule has 0 radical (unpaired) electrons. The SMILES string of the molecule is O=c1c(/C=N/O)coc2c1ccc1ccccc12. The number of fused-ring (bicyclic) bond motifs is 3. The zero-order valence-electron chi connectivity index (χ0n) is 9.33.